The van der Waals surface area contributed by atoms with Gasteiger partial charge in [0.2, 0.25) is 11.8 Å². The van der Waals surface area contributed by atoms with Crippen molar-refractivity contribution in [3.05, 3.63) is 29.8 Å². The van der Waals surface area contributed by atoms with E-state index < -0.39 is 0 Å². The van der Waals surface area contributed by atoms with Crippen molar-refractivity contribution in [2.24, 2.45) is 0 Å². The fourth-order valence-electron chi connectivity index (χ4n) is 2.58. The Morgan fingerprint density at radius 3 is 2.83 bits per heavy atom. The van der Waals surface area contributed by atoms with Gasteiger partial charge in [0.25, 0.3) is 0 Å². The summed E-state index contributed by atoms with van der Waals surface area (Å²) in [7, 11) is 1.59. The molecule has 1 aromatic rings. The van der Waals surface area contributed by atoms with E-state index in [1.165, 1.54) is 11.8 Å². The summed E-state index contributed by atoms with van der Waals surface area (Å²) in [5.41, 5.74) is 0.872. The van der Waals surface area contributed by atoms with E-state index in [2.05, 4.69) is 5.32 Å². The molecule has 6 nitrogen and oxygen atoms in total. The first kappa shape index (κ1) is 17.3. The molecule has 1 heterocycles. The fourth-order valence-corrected chi connectivity index (χ4v) is 2.58. The molecule has 0 spiro atoms. The number of para-hydroxylation sites is 1. The highest BCUT2D eigenvalue weighted by Crippen LogP contribution is 2.19. The van der Waals surface area contributed by atoms with Crippen LogP contribution < -0.4 is 10.1 Å². The van der Waals surface area contributed by atoms with Crippen molar-refractivity contribution in [3.63, 3.8) is 0 Å². The Hall–Kier alpha value is -2.08. The number of nitrogens with zero attached hydrogens (tertiary/aromatic N) is 1. The van der Waals surface area contributed by atoms with Crippen LogP contribution in [0.3, 0.4) is 0 Å². The first-order chi connectivity index (χ1) is 11.1. The van der Waals surface area contributed by atoms with Gasteiger partial charge in [-0.15, -0.1) is 0 Å². The van der Waals surface area contributed by atoms with Crippen molar-refractivity contribution in [2.75, 3.05) is 26.8 Å². The summed E-state index contributed by atoms with van der Waals surface area (Å²) in [4.78, 5) is 25.4. The lowest BCUT2D eigenvalue weighted by Gasteiger charge is -2.22. The third-order valence-electron chi connectivity index (χ3n) is 3.88. The van der Waals surface area contributed by atoms with Crippen molar-refractivity contribution in [1.29, 1.82) is 0 Å². The highest BCUT2D eigenvalue weighted by atomic mass is 16.5. The van der Waals surface area contributed by atoms with Crippen LogP contribution in [0, 0.1) is 0 Å². The molecule has 1 unspecified atom stereocenters. The minimum Gasteiger partial charge on any atom is -0.496 e. The molecule has 0 saturated carbocycles. The normalized spacial score (nSPS) is 16.9. The van der Waals surface area contributed by atoms with E-state index in [1.807, 2.05) is 24.3 Å². The summed E-state index contributed by atoms with van der Waals surface area (Å²) in [6.45, 7) is 3.09. The maximum absolute atomic E-state index is 12.1. The average molecular weight is 320 g/mol. The molecular formula is C17H24N2O4. The second-order valence-corrected chi connectivity index (χ2v) is 5.63. The Labute approximate surface area is 136 Å². The van der Waals surface area contributed by atoms with Crippen molar-refractivity contribution in [3.8, 4) is 5.75 Å². The number of carbonyl (C=O) groups excluding carboxylic acids is 2. The number of hydrogen-bond acceptors (Lipinski definition) is 4. The number of amides is 2. The maximum atomic E-state index is 12.1. The molecule has 0 aliphatic carbocycles. The lowest BCUT2D eigenvalue weighted by molar-refractivity contribution is -0.135. The maximum Gasteiger partial charge on any atom is 0.239 e. The van der Waals surface area contributed by atoms with Crippen molar-refractivity contribution >= 4 is 11.8 Å². The largest absolute Gasteiger partial charge is 0.496 e. The number of nitrogens with one attached hydrogen (secondary N) is 1. The predicted octanol–water partition coefficient (Wildman–Crippen LogP) is 1.34. The Morgan fingerprint density at radius 1 is 1.39 bits per heavy atom. The zero-order valence-corrected chi connectivity index (χ0v) is 13.7. The van der Waals surface area contributed by atoms with Crippen LogP contribution in [0.2, 0.25) is 0 Å². The van der Waals surface area contributed by atoms with Crippen molar-refractivity contribution in [1.82, 2.24) is 10.2 Å². The first-order valence-corrected chi connectivity index (χ1v) is 7.86. The van der Waals surface area contributed by atoms with Crippen LogP contribution >= 0.6 is 0 Å². The van der Waals surface area contributed by atoms with Gasteiger partial charge in [-0.2, -0.15) is 0 Å². The Kier molecular flexibility index (Phi) is 6.40. The van der Waals surface area contributed by atoms with Crippen LogP contribution in [0.5, 0.6) is 5.75 Å². The summed E-state index contributed by atoms with van der Waals surface area (Å²) in [5, 5.41) is 2.84. The van der Waals surface area contributed by atoms with Crippen LogP contribution in [0.15, 0.2) is 24.3 Å². The average Bonchev–Trinajstić information content (AvgIpc) is 3.06. The lowest BCUT2D eigenvalue weighted by atomic mass is 10.2. The van der Waals surface area contributed by atoms with Gasteiger partial charge >= 0.3 is 0 Å². The fraction of sp³-hybridized carbons (Fsp3) is 0.529. The van der Waals surface area contributed by atoms with Gasteiger partial charge in [-0.25, -0.2) is 0 Å². The Morgan fingerprint density at radius 2 is 2.17 bits per heavy atom. The van der Waals surface area contributed by atoms with E-state index in [0.717, 1.165) is 25.0 Å². The Balaban J connectivity index is 1.90. The van der Waals surface area contributed by atoms with E-state index in [4.69, 9.17) is 9.47 Å². The predicted molar refractivity (Wildman–Crippen MR) is 86.1 cm³/mol. The van der Waals surface area contributed by atoms with E-state index >= 15 is 0 Å². The molecule has 1 aliphatic rings. The summed E-state index contributed by atoms with van der Waals surface area (Å²) in [5.74, 6) is 0.382. The SMILES string of the molecule is COc1ccccc1CN(CC(=O)NCC1CCCO1)C(C)=O. The van der Waals surface area contributed by atoms with Crippen molar-refractivity contribution in [2.45, 2.75) is 32.4 Å². The quantitative estimate of drug-likeness (QED) is 0.823. The molecule has 0 aromatic heterocycles. The minimum absolute atomic E-state index is 0.0279. The summed E-state index contributed by atoms with van der Waals surface area (Å²) >= 11 is 0. The molecule has 1 fully saturated rings. The lowest BCUT2D eigenvalue weighted by Crippen LogP contribution is -2.41. The Bertz CT molecular complexity index is 541. The molecule has 23 heavy (non-hydrogen) atoms. The second kappa shape index (κ2) is 8.53. The number of benzene rings is 1. The van der Waals surface area contributed by atoms with Crippen LogP contribution in [0.1, 0.15) is 25.3 Å². The molecule has 1 saturated heterocycles. The van der Waals surface area contributed by atoms with Gasteiger partial charge in [0, 0.05) is 32.2 Å². The summed E-state index contributed by atoms with van der Waals surface area (Å²) in [6.07, 6.45) is 2.10. The zero-order chi connectivity index (χ0) is 16.7. The minimum atomic E-state index is -0.175. The number of rotatable bonds is 7. The second-order valence-electron chi connectivity index (χ2n) is 5.63. The van der Waals surface area contributed by atoms with E-state index in [1.54, 1.807) is 7.11 Å². The monoisotopic (exact) mass is 320 g/mol. The van der Waals surface area contributed by atoms with Gasteiger partial charge < -0.3 is 19.7 Å². The zero-order valence-electron chi connectivity index (χ0n) is 13.7. The molecule has 1 atom stereocenters. The van der Waals surface area contributed by atoms with Crippen molar-refractivity contribution < 1.29 is 19.1 Å². The van der Waals surface area contributed by atoms with Crippen LogP contribution in [-0.2, 0) is 20.9 Å². The molecule has 1 aromatic carbocycles. The molecule has 2 rings (SSSR count). The molecule has 0 radical (unpaired) electrons. The van der Waals surface area contributed by atoms with Gasteiger partial charge in [-0.1, -0.05) is 18.2 Å². The molecule has 0 bridgehead atoms. The van der Waals surface area contributed by atoms with E-state index in [-0.39, 0.29) is 24.5 Å². The van der Waals surface area contributed by atoms with Gasteiger partial charge in [0.15, 0.2) is 0 Å². The van der Waals surface area contributed by atoms with Crippen LogP contribution in [-0.4, -0.2) is 49.6 Å². The molecule has 2 amide bonds. The van der Waals surface area contributed by atoms with E-state index in [0.29, 0.717) is 18.8 Å². The molecule has 1 aliphatic heterocycles. The highest BCUT2D eigenvalue weighted by molar-refractivity contribution is 5.83. The van der Waals surface area contributed by atoms with Crippen LogP contribution in [0.25, 0.3) is 0 Å². The first-order valence-electron chi connectivity index (χ1n) is 7.86. The number of methoxy groups -OCH3 is 1. The van der Waals surface area contributed by atoms with Gasteiger partial charge in [0.1, 0.15) is 5.75 Å². The molecule has 6 heteroatoms. The number of carbonyl (C=O) groups is 2. The third-order valence-corrected chi connectivity index (χ3v) is 3.88. The van der Waals surface area contributed by atoms with E-state index in [9.17, 15) is 9.59 Å². The van der Waals surface area contributed by atoms with Gasteiger partial charge in [0.05, 0.1) is 19.8 Å². The van der Waals surface area contributed by atoms with Gasteiger partial charge in [-0.3, -0.25) is 9.59 Å². The number of ether oxygens (including phenoxy) is 2. The highest BCUT2D eigenvalue weighted by Gasteiger charge is 2.19. The molecule has 1 N–H and O–H groups in total. The number of hydrogen-bond donors (Lipinski definition) is 1. The molecular weight excluding hydrogens is 296 g/mol. The van der Waals surface area contributed by atoms with Crippen LogP contribution in [0.4, 0.5) is 0 Å². The summed E-state index contributed by atoms with van der Waals surface area (Å²) in [6, 6.07) is 7.48. The molecule has 126 valence electrons. The van der Waals surface area contributed by atoms with Gasteiger partial charge in [-0.05, 0) is 18.9 Å². The third kappa shape index (κ3) is 5.25. The topological polar surface area (TPSA) is 67.9 Å². The standard InChI is InChI=1S/C17H24N2O4/c1-13(20)19(11-14-6-3-4-8-16(14)22-2)12-17(21)18-10-15-7-5-9-23-15/h3-4,6,8,15H,5,7,9-12H2,1-2H3,(H,18,21). The smallest absolute Gasteiger partial charge is 0.239 e. The summed E-state index contributed by atoms with van der Waals surface area (Å²) < 4.78 is 10.8.